The fourth-order valence-electron chi connectivity index (χ4n) is 2.66. The Balaban J connectivity index is 1.84. The second-order valence-electron chi connectivity index (χ2n) is 5.22. The number of aryl methyl sites for hydroxylation is 1. The third-order valence-electron chi connectivity index (χ3n) is 3.83. The third kappa shape index (κ3) is 2.48. The van der Waals surface area contributed by atoms with Crippen molar-refractivity contribution in [3.05, 3.63) is 46.7 Å². The number of benzene rings is 1. The minimum Gasteiger partial charge on any atom is -0.472 e. The topological polar surface area (TPSA) is 39.9 Å². The molecule has 3 heterocycles. The fraction of sp³-hybridized carbons (Fsp3) is 0.176. The highest BCUT2D eigenvalue weighted by molar-refractivity contribution is 7.98. The van der Waals surface area contributed by atoms with Crippen LogP contribution in [0.4, 0.5) is 0 Å². The van der Waals surface area contributed by atoms with Crippen molar-refractivity contribution in [2.24, 2.45) is 7.05 Å². The van der Waals surface area contributed by atoms with Gasteiger partial charge in [-0.3, -0.25) is 0 Å². The molecule has 0 aliphatic carbocycles. The van der Waals surface area contributed by atoms with E-state index in [1.54, 1.807) is 11.3 Å². The molecule has 0 unspecified atom stereocenters. The van der Waals surface area contributed by atoms with Crippen LogP contribution in [0.2, 0.25) is 0 Å². The lowest BCUT2D eigenvalue weighted by Crippen LogP contribution is -2.00. The first kappa shape index (κ1) is 14.5. The quantitative estimate of drug-likeness (QED) is 0.405. The summed E-state index contributed by atoms with van der Waals surface area (Å²) in [7, 11) is 2.04. The van der Waals surface area contributed by atoms with Crippen molar-refractivity contribution < 1.29 is 4.74 Å². The Morgan fingerprint density at radius 2 is 2.00 bits per heavy atom. The molecule has 23 heavy (non-hydrogen) atoms. The maximum Gasteiger partial charge on any atom is 0.228 e. The fourth-order valence-corrected chi connectivity index (χ4v) is 3.87. The number of aromatic nitrogens is 3. The maximum absolute atomic E-state index is 6.07. The molecule has 4 rings (SSSR count). The zero-order chi connectivity index (χ0) is 15.8. The van der Waals surface area contributed by atoms with Crippen LogP contribution < -0.4 is 4.74 Å². The minimum atomic E-state index is 0.501. The van der Waals surface area contributed by atoms with Gasteiger partial charge in [-0.2, -0.15) is 4.98 Å². The second kappa shape index (κ2) is 5.86. The van der Waals surface area contributed by atoms with Crippen molar-refractivity contribution in [3.8, 4) is 5.88 Å². The van der Waals surface area contributed by atoms with Crippen molar-refractivity contribution in [2.75, 3.05) is 6.26 Å². The van der Waals surface area contributed by atoms with E-state index in [-0.39, 0.29) is 0 Å². The first-order chi connectivity index (χ1) is 11.3. The zero-order valence-electron chi connectivity index (χ0n) is 12.8. The molecule has 4 aromatic rings. The summed E-state index contributed by atoms with van der Waals surface area (Å²) in [5.74, 6) is 0.659. The molecule has 6 heteroatoms. The minimum absolute atomic E-state index is 0.501. The van der Waals surface area contributed by atoms with Gasteiger partial charge in [-0.05, 0) is 11.8 Å². The number of hydrogen-bond donors (Lipinski definition) is 0. The molecule has 0 radical (unpaired) electrons. The van der Waals surface area contributed by atoms with E-state index in [4.69, 9.17) is 4.74 Å². The van der Waals surface area contributed by atoms with Gasteiger partial charge in [0.25, 0.3) is 0 Å². The van der Waals surface area contributed by atoms with Gasteiger partial charge in [-0.25, -0.2) is 4.98 Å². The second-order valence-corrected chi connectivity index (χ2v) is 6.74. The molecule has 0 aliphatic heterocycles. The predicted molar refractivity (Wildman–Crippen MR) is 96.4 cm³/mol. The van der Waals surface area contributed by atoms with Gasteiger partial charge >= 0.3 is 0 Å². The number of thiophene rings is 1. The molecule has 0 saturated heterocycles. The number of ether oxygens (including phenoxy) is 1. The Labute approximate surface area is 142 Å². The molecule has 0 N–H and O–H groups in total. The van der Waals surface area contributed by atoms with E-state index in [9.17, 15) is 0 Å². The SMILES string of the molecule is CSc1nc(OCc2ccccc2)c2c3cscc3n(C)c2n1. The molecule has 0 atom stereocenters. The maximum atomic E-state index is 6.07. The van der Waals surface area contributed by atoms with Crippen LogP contribution >= 0.6 is 23.1 Å². The molecule has 0 amide bonds. The van der Waals surface area contributed by atoms with Crippen molar-refractivity contribution >= 4 is 45.0 Å². The molecule has 3 aromatic heterocycles. The van der Waals surface area contributed by atoms with Crippen molar-refractivity contribution in [2.45, 2.75) is 11.8 Å². The van der Waals surface area contributed by atoms with Crippen LogP contribution in [0.3, 0.4) is 0 Å². The summed E-state index contributed by atoms with van der Waals surface area (Å²) in [6, 6.07) is 10.1. The Bertz CT molecular complexity index is 976. The van der Waals surface area contributed by atoms with Crippen LogP contribution in [0.5, 0.6) is 5.88 Å². The summed E-state index contributed by atoms with van der Waals surface area (Å²) in [5.41, 5.74) is 3.22. The van der Waals surface area contributed by atoms with Gasteiger partial charge in [-0.15, -0.1) is 11.3 Å². The van der Waals surface area contributed by atoms with E-state index in [0.717, 1.165) is 27.1 Å². The number of hydrogen-bond acceptors (Lipinski definition) is 5. The average Bonchev–Trinajstić information content (AvgIpc) is 3.17. The van der Waals surface area contributed by atoms with Gasteiger partial charge < -0.3 is 9.30 Å². The zero-order valence-corrected chi connectivity index (χ0v) is 14.4. The average molecular weight is 341 g/mol. The van der Waals surface area contributed by atoms with E-state index in [1.807, 2.05) is 31.5 Å². The number of fused-ring (bicyclic) bond motifs is 3. The van der Waals surface area contributed by atoms with Gasteiger partial charge in [0.15, 0.2) is 5.16 Å². The summed E-state index contributed by atoms with van der Waals surface area (Å²) in [5, 5.41) is 7.15. The summed E-state index contributed by atoms with van der Waals surface area (Å²) < 4.78 is 8.17. The standard InChI is InChI=1S/C17H15N3OS2/c1-20-13-10-23-9-12(13)14-15(20)18-17(22-2)19-16(14)21-8-11-6-4-3-5-7-11/h3-7,9-10H,8H2,1-2H3. The van der Waals surface area contributed by atoms with Gasteiger partial charge in [-0.1, -0.05) is 42.1 Å². The lowest BCUT2D eigenvalue weighted by atomic mass is 10.2. The van der Waals surface area contributed by atoms with Crippen LogP contribution in [-0.2, 0) is 13.7 Å². The molecule has 116 valence electrons. The van der Waals surface area contributed by atoms with E-state index < -0.39 is 0 Å². The van der Waals surface area contributed by atoms with Crippen LogP contribution in [0, 0.1) is 0 Å². The highest BCUT2D eigenvalue weighted by Crippen LogP contribution is 2.36. The Hall–Kier alpha value is -2.05. The Morgan fingerprint density at radius 1 is 1.17 bits per heavy atom. The lowest BCUT2D eigenvalue weighted by Gasteiger charge is -2.08. The molecule has 0 aliphatic rings. The molecule has 0 bridgehead atoms. The third-order valence-corrected chi connectivity index (χ3v) is 5.11. The number of thioether (sulfide) groups is 1. The van der Waals surface area contributed by atoms with Gasteiger partial charge in [0.2, 0.25) is 5.88 Å². The highest BCUT2D eigenvalue weighted by Gasteiger charge is 2.18. The number of nitrogens with zero attached hydrogens (tertiary/aromatic N) is 3. The van der Waals surface area contributed by atoms with Crippen molar-refractivity contribution in [1.82, 2.24) is 14.5 Å². The van der Waals surface area contributed by atoms with Crippen LogP contribution in [0.15, 0.2) is 46.2 Å². The highest BCUT2D eigenvalue weighted by atomic mass is 32.2. The predicted octanol–water partition coefficient (Wildman–Crippen LogP) is 4.48. The largest absolute Gasteiger partial charge is 0.472 e. The summed E-state index contributed by atoms with van der Waals surface area (Å²) >= 11 is 3.21. The molecule has 4 nitrogen and oxygen atoms in total. The van der Waals surface area contributed by atoms with Crippen LogP contribution in [0.1, 0.15) is 5.56 Å². The summed E-state index contributed by atoms with van der Waals surface area (Å²) in [4.78, 5) is 9.26. The Kier molecular flexibility index (Phi) is 3.71. The van der Waals surface area contributed by atoms with Crippen molar-refractivity contribution in [3.63, 3.8) is 0 Å². The van der Waals surface area contributed by atoms with E-state index >= 15 is 0 Å². The van der Waals surface area contributed by atoms with Crippen molar-refractivity contribution in [1.29, 1.82) is 0 Å². The normalized spacial score (nSPS) is 11.4. The summed E-state index contributed by atoms with van der Waals surface area (Å²) in [6.07, 6.45) is 1.98. The summed E-state index contributed by atoms with van der Waals surface area (Å²) in [6.45, 7) is 0.501. The van der Waals surface area contributed by atoms with E-state index in [1.165, 1.54) is 17.3 Å². The molecule has 0 spiro atoms. The van der Waals surface area contributed by atoms with Crippen LogP contribution in [0.25, 0.3) is 21.9 Å². The van der Waals surface area contributed by atoms with Gasteiger partial charge in [0, 0.05) is 23.2 Å². The number of rotatable bonds is 4. The molecule has 0 saturated carbocycles. The smallest absolute Gasteiger partial charge is 0.228 e. The monoisotopic (exact) mass is 341 g/mol. The van der Waals surface area contributed by atoms with Crippen LogP contribution in [-0.4, -0.2) is 20.8 Å². The molecular weight excluding hydrogens is 326 g/mol. The van der Waals surface area contributed by atoms with E-state index in [0.29, 0.717) is 12.5 Å². The lowest BCUT2D eigenvalue weighted by molar-refractivity contribution is 0.295. The van der Waals surface area contributed by atoms with Gasteiger partial charge in [0.1, 0.15) is 12.3 Å². The molecular formula is C17H15N3OS2. The molecule has 1 aromatic carbocycles. The first-order valence-electron chi connectivity index (χ1n) is 7.21. The van der Waals surface area contributed by atoms with E-state index in [2.05, 4.69) is 37.4 Å². The first-order valence-corrected chi connectivity index (χ1v) is 9.37. The Morgan fingerprint density at radius 3 is 2.78 bits per heavy atom. The van der Waals surface area contributed by atoms with Gasteiger partial charge in [0.05, 0.1) is 10.9 Å². The molecule has 0 fully saturated rings.